The minimum atomic E-state index is -0.479. The van der Waals surface area contributed by atoms with Crippen molar-refractivity contribution in [3.8, 4) is 0 Å². The van der Waals surface area contributed by atoms with E-state index >= 15 is 0 Å². The van der Waals surface area contributed by atoms with Crippen molar-refractivity contribution in [2.45, 2.75) is 19.8 Å². The lowest BCUT2D eigenvalue weighted by atomic mass is 10.1. The van der Waals surface area contributed by atoms with E-state index in [1.165, 1.54) is 6.08 Å². The zero-order valence-corrected chi connectivity index (χ0v) is 12.4. The predicted octanol–water partition coefficient (Wildman–Crippen LogP) is 2.23. The van der Waals surface area contributed by atoms with Crippen LogP contribution < -0.4 is 5.73 Å². The first-order valence-corrected chi connectivity index (χ1v) is 7.11. The summed E-state index contributed by atoms with van der Waals surface area (Å²) < 4.78 is 4.90. The molecule has 2 aromatic rings. The highest BCUT2D eigenvalue weighted by Crippen LogP contribution is 2.16. The number of primary amides is 1. The van der Waals surface area contributed by atoms with Crippen LogP contribution in [0.1, 0.15) is 24.6 Å². The molecule has 0 aliphatic rings. The van der Waals surface area contributed by atoms with Crippen LogP contribution in [0.5, 0.6) is 0 Å². The van der Waals surface area contributed by atoms with Gasteiger partial charge in [0.2, 0.25) is 5.91 Å². The van der Waals surface area contributed by atoms with Crippen molar-refractivity contribution in [3.05, 3.63) is 47.7 Å². The fraction of sp³-hybridized carbons (Fsp3) is 0.235. The second kappa shape index (κ2) is 7.36. The number of carbonyl (C=O) groups is 2. The number of hydrogen-bond donors (Lipinski definition) is 1. The number of hydrogen-bond acceptors (Lipinski definition) is 4. The third-order valence-electron chi connectivity index (χ3n) is 3.10. The molecule has 1 heterocycles. The van der Waals surface area contributed by atoms with Gasteiger partial charge >= 0.3 is 5.97 Å². The highest BCUT2D eigenvalue weighted by Gasteiger charge is 2.05. The number of nitrogens with two attached hydrogens (primary N) is 1. The molecule has 1 aromatic heterocycles. The second-order valence-corrected chi connectivity index (χ2v) is 4.80. The van der Waals surface area contributed by atoms with Gasteiger partial charge in [0, 0.05) is 23.6 Å². The van der Waals surface area contributed by atoms with E-state index in [1.807, 2.05) is 30.3 Å². The van der Waals surface area contributed by atoms with Gasteiger partial charge in [0.1, 0.15) is 0 Å². The molecule has 2 N–H and O–H groups in total. The number of rotatable bonds is 6. The number of nitrogens with zero attached hydrogens (tertiary/aromatic N) is 1. The van der Waals surface area contributed by atoms with Crippen molar-refractivity contribution in [1.29, 1.82) is 0 Å². The van der Waals surface area contributed by atoms with E-state index in [4.69, 9.17) is 10.5 Å². The number of pyridine rings is 1. The van der Waals surface area contributed by atoms with Crippen molar-refractivity contribution < 1.29 is 14.3 Å². The molecule has 1 amide bonds. The molecule has 0 saturated heterocycles. The third-order valence-corrected chi connectivity index (χ3v) is 3.10. The molecule has 0 spiro atoms. The fourth-order valence-electron chi connectivity index (χ4n) is 2.07. The zero-order valence-electron chi connectivity index (χ0n) is 12.4. The molecule has 0 radical (unpaired) electrons. The Morgan fingerprint density at radius 2 is 2.09 bits per heavy atom. The number of carbonyl (C=O) groups excluding carboxylic acids is 2. The van der Waals surface area contributed by atoms with E-state index in [2.05, 4.69) is 4.98 Å². The van der Waals surface area contributed by atoms with Gasteiger partial charge in [0.15, 0.2) is 0 Å². The van der Waals surface area contributed by atoms with Crippen LogP contribution in [0.3, 0.4) is 0 Å². The minimum absolute atomic E-state index is 0.212. The lowest BCUT2D eigenvalue weighted by Crippen LogP contribution is -2.05. The monoisotopic (exact) mass is 298 g/mol. The number of fused-ring (bicyclic) bond motifs is 1. The number of aryl methyl sites for hydroxylation is 1. The Morgan fingerprint density at radius 3 is 2.82 bits per heavy atom. The lowest BCUT2D eigenvalue weighted by molar-refractivity contribution is -0.143. The largest absolute Gasteiger partial charge is 0.466 e. The first-order valence-electron chi connectivity index (χ1n) is 7.11. The summed E-state index contributed by atoms with van der Waals surface area (Å²) in [5.41, 5.74) is 7.65. The average molecular weight is 298 g/mol. The van der Waals surface area contributed by atoms with E-state index in [9.17, 15) is 9.59 Å². The summed E-state index contributed by atoms with van der Waals surface area (Å²) >= 11 is 0. The highest BCUT2D eigenvalue weighted by atomic mass is 16.5. The summed E-state index contributed by atoms with van der Waals surface area (Å²) in [5.74, 6) is -0.691. The SMILES string of the molecule is CCOC(=O)CCc1ccc2cc(/C=C/C(N)=O)ccc2n1. The summed E-state index contributed by atoms with van der Waals surface area (Å²) in [4.78, 5) is 26.6. The van der Waals surface area contributed by atoms with Gasteiger partial charge in [-0.1, -0.05) is 12.1 Å². The van der Waals surface area contributed by atoms with E-state index in [-0.39, 0.29) is 5.97 Å². The lowest BCUT2D eigenvalue weighted by Gasteiger charge is -2.04. The maximum atomic E-state index is 11.4. The maximum absolute atomic E-state index is 11.4. The standard InChI is InChI=1S/C17H18N2O3/c1-2-22-17(21)10-7-14-6-5-13-11-12(4-9-16(18)20)3-8-15(13)19-14/h3-6,8-9,11H,2,7,10H2,1H3,(H2,18,20)/b9-4+. The van der Waals surface area contributed by atoms with E-state index in [0.29, 0.717) is 19.4 Å². The van der Waals surface area contributed by atoms with Crippen LogP contribution in [0, 0.1) is 0 Å². The quantitative estimate of drug-likeness (QED) is 0.655. The average Bonchev–Trinajstić information content (AvgIpc) is 2.51. The second-order valence-electron chi connectivity index (χ2n) is 4.80. The van der Waals surface area contributed by atoms with Crippen LogP contribution in [0.4, 0.5) is 0 Å². The molecule has 1 aromatic carbocycles. The zero-order chi connectivity index (χ0) is 15.9. The molecule has 0 fully saturated rings. The molecule has 5 heteroatoms. The van der Waals surface area contributed by atoms with Gasteiger partial charge in [-0.05, 0) is 36.8 Å². The van der Waals surface area contributed by atoms with Gasteiger partial charge in [-0.25, -0.2) is 0 Å². The Morgan fingerprint density at radius 1 is 1.27 bits per heavy atom. The van der Waals surface area contributed by atoms with E-state index < -0.39 is 5.91 Å². The molecule has 0 unspecified atom stereocenters. The number of amides is 1. The Labute approximate surface area is 128 Å². The summed E-state index contributed by atoms with van der Waals surface area (Å²) in [6, 6.07) is 9.51. The molecule has 114 valence electrons. The molecule has 0 aliphatic heterocycles. The molecule has 2 rings (SSSR count). The molecule has 5 nitrogen and oxygen atoms in total. The Bertz CT molecular complexity index is 723. The van der Waals surface area contributed by atoms with Crippen molar-refractivity contribution in [2.24, 2.45) is 5.73 Å². The summed E-state index contributed by atoms with van der Waals surface area (Å²) in [7, 11) is 0. The highest BCUT2D eigenvalue weighted by molar-refractivity contribution is 5.91. The molecular formula is C17H18N2O3. The third kappa shape index (κ3) is 4.41. The summed E-state index contributed by atoms with van der Waals surface area (Å²) in [6.45, 7) is 2.18. The van der Waals surface area contributed by atoms with Gasteiger partial charge in [-0.2, -0.15) is 0 Å². The van der Waals surface area contributed by atoms with Crippen molar-refractivity contribution >= 4 is 28.9 Å². The molecular weight excluding hydrogens is 280 g/mol. The van der Waals surface area contributed by atoms with Gasteiger partial charge in [0.05, 0.1) is 18.5 Å². The van der Waals surface area contributed by atoms with Gasteiger partial charge < -0.3 is 10.5 Å². The first kappa shape index (κ1) is 15.7. The topological polar surface area (TPSA) is 82.3 Å². The van der Waals surface area contributed by atoms with E-state index in [1.54, 1.807) is 13.0 Å². The molecule has 0 saturated carbocycles. The van der Waals surface area contributed by atoms with Crippen LogP contribution in [-0.4, -0.2) is 23.5 Å². The smallest absolute Gasteiger partial charge is 0.306 e. The van der Waals surface area contributed by atoms with Crippen LogP contribution >= 0.6 is 0 Å². The van der Waals surface area contributed by atoms with Crippen molar-refractivity contribution in [3.63, 3.8) is 0 Å². The van der Waals surface area contributed by atoms with Crippen LogP contribution in [0.25, 0.3) is 17.0 Å². The Balaban J connectivity index is 2.13. The molecule has 0 aliphatic carbocycles. The number of esters is 1. The summed E-state index contributed by atoms with van der Waals surface area (Å²) in [5, 5.41) is 0.964. The van der Waals surface area contributed by atoms with Gasteiger partial charge in [-0.3, -0.25) is 14.6 Å². The van der Waals surface area contributed by atoms with Crippen LogP contribution in [0.2, 0.25) is 0 Å². The number of aromatic nitrogens is 1. The molecule has 22 heavy (non-hydrogen) atoms. The maximum Gasteiger partial charge on any atom is 0.306 e. The minimum Gasteiger partial charge on any atom is -0.466 e. The van der Waals surface area contributed by atoms with E-state index in [0.717, 1.165) is 22.2 Å². The normalized spacial score (nSPS) is 11.0. The Kier molecular flexibility index (Phi) is 5.25. The van der Waals surface area contributed by atoms with Crippen molar-refractivity contribution in [2.75, 3.05) is 6.61 Å². The first-order chi connectivity index (χ1) is 10.6. The van der Waals surface area contributed by atoms with Gasteiger partial charge in [0.25, 0.3) is 0 Å². The molecule has 0 bridgehead atoms. The Hall–Kier alpha value is -2.69. The van der Waals surface area contributed by atoms with Crippen LogP contribution in [0.15, 0.2) is 36.4 Å². The fourth-order valence-corrected chi connectivity index (χ4v) is 2.07. The predicted molar refractivity (Wildman–Crippen MR) is 84.9 cm³/mol. The molecule has 0 atom stereocenters. The van der Waals surface area contributed by atoms with Crippen molar-refractivity contribution in [1.82, 2.24) is 4.98 Å². The number of benzene rings is 1. The van der Waals surface area contributed by atoms with Gasteiger partial charge in [-0.15, -0.1) is 0 Å². The summed E-state index contributed by atoms with van der Waals surface area (Å²) in [6.07, 6.45) is 3.86. The van der Waals surface area contributed by atoms with Crippen LogP contribution in [-0.2, 0) is 20.7 Å². The number of ether oxygens (including phenoxy) is 1.